The first-order valence-electron chi connectivity index (χ1n) is 5.03. The van der Waals surface area contributed by atoms with Crippen LogP contribution in [0.5, 0.6) is 5.75 Å². The summed E-state index contributed by atoms with van der Waals surface area (Å²) in [5, 5.41) is 0.237. The zero-order valence-corrected chi connectivity index (χ0v) is 11.5. The van der Waals surface area contributed by atoms with E-state index >= 15 is 0 Å². The van der Waals surface area contributed by atoms with Crippen molar-refractivity contribution in [3.8, 4) is 5.75 Å². The fourth-order valence-corrected chi connectivity index (χ4v) is 2.05. The lowest BCUT2D eigenvalue weighted by molar-refractivity contribution is 0.291. The van der Waals surface area contributed by atoms with Crippen molar-refractivity contribution < 1.29 is 9.13 Å². The number of nitrogens with zero attached hydrogens (tertiary/aromatic N) is 1. The number of nitrogen functional groups attached to an aromatic ring is 1. The molecule has 0 aliphatic rings. The summed E-state index contributed by atoms with van der Waals surface area (Å²) in [5.41, 5.74) is 6.62. The Bertz CT molecular complexity index is 557. The predicted molar refractivity (Wildman–Crippen MR) is 72.1 cm³/mol. The highest BCUT2D eigenvalue weighted by molar-refractivity contribution is 9.10. The van der Waals surface area contributed by atoms with E-state index in [2.05, 4.69) is 20.9 Å². The SMILES string of the molecule is Nc1cc(Cl)cc(F)c1OCc1cncc(Br)c1. The van der Waals surface area contributed by atoms with Crippen molar-refractivity contribution in [2.75, 3.05) is 5.73 Å². The molecule has 0 saturated carbocycles. The molecule has 0 saturated heterocycles. The molecule has 6 heteroatoms. The molecule has 2 rings (SSSR count). The van der Waals surface area contributed by atoms with E-state index in [9.17, 15) is 4.39 Å². The van der Waals surface area contributed by atoms with Gasteiger partial charge >= 0.3 is 0 Å². The highest BCUT2D eigenvalue weighted by atomic mass is 79.9. The molecule has 0 amide bonds. The van der Waals surface area contributed by atoms with Crippen molar-refractivity contribution in [2.45, 2.75) is 6.61 Å². The fraction of sp³-hybridized carbons (Fsp3) is 0.0833. The van der Waals surface area contributed by atoms with Gasteiger partial charge in [0, 0.05) is 27.5 Å². The normalized spacial score (nSPS) is 10.4. The second-order valence-electron chi connectivity index (χ2n) is 3.61. The maximum Gasteiger partial charge on any atom is 0.178 e. The fourth-order valence-electron chi connectivity index (χ4n) is 1.42. The maximum atomic E-state index is 13.6. The van der Waals surface area contributed by atoms with Crippen molar-refractivity contribution in [3.05, 3.63) is 51.5 Å². The summed E-state index contributed by atoms with van der Waals surface area (Å²) in [6, 6.07) is 4.43. The third kappa shape index (κ3) is 3.11. The van der Waals surface area contributed by atoms with Crippen LogP contribution in [0.15, 0.2) is 35.1 Å². The van der Waals surface area contributed by atoms with Gasteiger partial charge in [-0.2, -0.15) is 0 Å². The molecule has 18 heavy (non-hydrogen) atoms. The molecular formula is C12H9BrClFN2O. The average Bonchev–Trinajstić information content (AvgIpc) is 2.27. The second-order valence-corrected chi connectivity index (χ2v) is 4.96. The Hall–Kier alpha value is -1.33. The minimum atomic E-state index is -0.581. The van der Waals surface area contributed by atoms with E-state index < -0.39 is 5.82 Å². The van der Waals surface area contributed by atoms with Crippen molar-refractivity contribution in [1.29, 1.82) is 0 Å². The molecule has 1 heterocycles. The van der Waals surface area contributed by atoms with Crippen molar-refractivity contribution in [1.82, 2.24) is 4.98 Å². The quantitative estimate of drug-likeness (QED) is 0.870. The summed E-state index contributed by atoms with van der Waals surface area (Å²) in [5.74, 6) is -0.581. The number of anilines is 1. The number of pyridine rings is 1. The Kier molecular flexibility index (Phi) is 4.04. The van der Waals surface area contributed by atoms with E-state index in [1.54, 1.807) is 12.4 Å². The molecule has 0 fully saturated rings. The van der Waals surface area contributed by atoms with Crippen LogP contribution in [0, 0.1) is 5.82 Å². The lowest BCUT2D eigenvalue weighted by atomic mass is 10.2. The zero-order valence-electron chi connectivity index (χ0n) is 9.16. The highest BCUT2D eigenvalue weighted by Crippen LogP contribution is 2.29. The smallest absolute Gasteiger partial charge is 0.178 e. The summed E-state index contributed by atoms with van der Waals surface area (Å²) < 4.78 is 19.8. The van der Waals surface area contributed by atoms with Gasteiger partial charge in [-0.15, -0.1) is 0 Å². The van der Waals surface area contributed by atoms with Crippen LogP contribution in [0.4, 0.5) is 10.1 Å². The topological polar surface area (TPSA) is 48.1 Å². The van der Waals surface area contributed by atoms with Gasteiger partial charge in [-0.05, 0) is 34.1 Å². The largest absolute Gasteiger partial charge is 0.484 e. The van der Waals surface area contributed by atoms with Crippen molar-refractivity contribution in [3.63, 3.8) is 0 Å². The Morgan fingerprint density at radius 3 is 2.78 bits per heavy atom. The molecular weight excluding hydrogens is 322 g/mol. The Balaban J connectivity index is 2.16. The number of rotatable bonds is 3. The average molecular weight is 332 g/mol. The summed E-state index contributed by atoms with van der Waals surface area (Å²) >= 11 is 8.96. The molecule has 0 atom stereocenters. The first-order valence-corrected chi connectivity index (χ1v) is 6.20. The molecule has 2 N–H and O–H groups in total. The van der Waals surface area contributed by atoms with Gasteiger partial charge < -0.3 is 10.5 Å². The van der Waals surface area contributed by atoms with Crippen LogP contribution in [0.1, 0.15) is 5.56 Å². The first-order chi connectivity index (χ1) is 8.56. The van der Waals surface area contributed by atoms with E-state index in [-0.39, 0.29) is 23.1 Å². The number of hydrogen-bond donors (Lipinski definition) is 1. The molecule has 0 aliphatic carbocycles. The lowest BCUT2D eigenvalue weighted by Crippen LogP contribution is -2.01. The van der Waals surface area contributed by atoms with Crippen LogP contribution < -0.4 is 10.5 Å². The number of aromatic nitrogens is 1. The Morgan fingerprint density at radius 2 is 2.11 bits per heavy atom. The van der Waals surface area contributed by atoms with E-state index in [1.165, 1.54) is 6.07 Å². The van der Waals surface area contributed by atoms with Gasteiger partial charge in [0.15, 0.2) is 11.6 Å². The van der Waals surface area contributed by atoms with Gasteiger partial charge in [0.25, 0.3) is 0 Å². The van der Waals surface area contributed by atoms with Crippen molar-refractivity contribution in [2.24, 2.45) is 0 Å². The summed E-state index contributed by atoms with van der Waals surface area (Å²) in [7, 11) is 0. The van der Waals surface area contributed by atoms with Gasteiger partial charge in [0.2, 0.25) is 0 Å². The first kappa shape index (κ1) is 13.1. The molecule has 1 aromatic heterocycles. The van der Waals surface area contributed by atoms with E-state index in [4.69, 9.17) is 22.1 Å². The highest BCUT2D eigenvalue weighted by Gasteiger charge is 2.10. The molecule has 1 aromatic carbocycles. The second kappa shape index (κ2) is 5.54. The third-order valence-electron chi connectivity index (χ3n) is 2.18. The minimum Gasteiger partial charge on any atom is -0.484 e. The van der Waals surface area contributed by atoms with E-state index in [0.717, 1.165) is 16.1 Å². The Morgan fingerprint density at radius 1 is 1.33 bits per heavy atom. The molecule has 3 nitrogen and oxygen atoms in total. The molecule has 0 bridgehead atoms. The van der Waals surface area contributed by atoms with Crippen LogP contribution in [-0.2, 0) is 6.61 Å². The van der Waals surface area contributed by atoms with Crippen molar-refractivity contribution >= 4 is 33.2 Å². The Labute approximate surface area is 117 Å². The number of ether oxygens (including phenoxy) is 1. The summed E-state index contributed by atoms with van der Waals surface area (Å²) in [6.07, 6.45) is 3.29. The summed E-state index contributed by atoms with van der Waals surface area (Å²) in [6.45, 7) is 0.176. The van der Waals surface area contributed by atoms with Crippen LogP contribution in [-0.4, -0.2) is 4.98 Å². The minimum absolute atomic E-state index is 0.000578. The molecule has 94 valence electrons. The third-order valence-corrected chi connectivity index (χ3v) is 2.83. The predicted octanol–water partition coefficient (Wildman–Crippen LogP) is 3.80. The number of benzene rings is 1. The molecule has 2 aromatic rings. The van der Waals surface area contributed by atoms with Gasteiger partial charge in [-0.25, -0.2) is 4.39 Å². The number of halogens is 3. The van der Waals surface area contributed by atoms with E-state index in [0.29, 0.717) is 0 Å². The number of hydrogen-bond acceptors (Lipinski definition) is 3. The van der Waals surface area contributed by atoms with Gasteiger partial charge in [-0.3, -0.25) is 4.98 Å². The van der Waals surface area contributed by atoms with Gasteiger partial charge in [0.1, 0.15) is 6.61 Å². The molecule has 0 aliphatic heterocycles. The summed E-state index contributed by atoms with van der Waals surface area (Å²) in [4.78, 5) is 3.98. The number of nitrogens with two attached hydrogens (primary N) is 1. The molecule has 0 spiro atoms. The van der Waals surface area contributed by atoms with Gasteiger partial charge in [-0.1, -0.05) is 11.6 Å². The van der Waals surface area contributed by atoms with Crippen LogP contribution in [0.2, 0.25) is 5.02 Å². The monoisotopic (exact) mass is 330 g/mol. The van der Waals surface area contributed by atoms with Crippen LogP contribution in [0.3, 0.4) is 0 Å². The van der Waals surface area contributed by atoms with E-state index in [1.807, 2.05) is 6.07 Å². The van der Waals surface area contributed by atoms with Crippen LogP contribution in [0.25, 0.3) is 0 Å². The standard InChI is InChI=1S/C12H9BrClFN2O/c13-8-1-7(4-17-5-8)6-18-12-10(15)2-9(14)3-11(12)16/h1-5H,6,16H2. The zero-order chi connectivity index (χ0) is 13.1. The van der Waals surface area contributed by atoms with Crippen LogP contribution >= 0.6 is 27.5 Å². The lowest BCUT2D eigenvalue weighted by Gasteiger charge is -2.10. The molecule has 0 radical (unpaired) electrons. The molecule has 0 unspecified atom stereocenters. The van der Waals surface area contributed by atoms with Gasteiger partial charge in [0.05, 0.1) is 5.69 Å². The maximum absolute atomic E-state index is 13.6.